The van der Waals surface area contributed by atoms with Gasteiger partial charge in [0.05, 0.1) is 12.1 Å². The predicted octanol–water partition coefficient (Wildman–Crippen LogP) is 1.81. The summed E-state index contributed by atoms with van der Waals surface area (Å²) in [6.45, 7) is 6.23. The first-order valence-corrected chi connectivity index (χ1v) is 9.64. The molecule has 0 bridgehead atoms. The Morgan fingerprint density at radius 3 is 2.56 bits per heavy atom. The number of nitrogens with one attached hydrogen (secondary N) is 1. The summed E-state index contributed by atoms with van der Waals surface area (Å²) in [5.41, 5.74) is 1.44. The summed E-state index contributed by atoms with van der Waals surface area (Å²) in [5, 5.41) is 2.81. The number of benzene rings is 1. The lowest BCUT2D eigenvalue weighted by Crippen LogP contribution is -2.38. The number of rotatable bonds is 4. The average molecular weight is 373 g/mol. The molecule has 0 saturated carbocycles. The second-order valence-corrected chi connectivity index (χ2v) is 7.12. The van der Waals surface area contributed by atoms with E-state index >= 15 is 0 Å². The van der Waals surface area contributed by atoms with Gasteiger partial charge in [0.2, 0.25) is 11.8 Å². The van der Waals surface area contributed by atoms with Gasteiger partial charge < -0.3 is 19.9 Å². The van der Waals surface area contributed by atoms with Crippen molar-refractivity contribution < 1.29 is 19.1 Å². The van der Waals surface area contributed by atoms with Crippen LogP contribution in [-0.2, 0) is 20.8 Å². The molecule has 0 radical (unpaired) electrons. The lowest BCUT2D eigenvalue weighted by atomic mass is 10.1. The average Bonchev–Trinajstić information content (AvgIpc) is 2.89. The van der Waals surface area contributed by atoms with Crippen molar-refractivity contribution in [1.29, 1.82) is 0 Å². The smallest absolute Gasteiger partial charge is 0.265 e. The fourth-order valence-corrected chi connectivity index (χ4v) is 3.44. The van der Waals surface area contributed by atoms with Crippen molar-refractivity contribution >= 4 is 23.4 Å². The highest BCUT2D eigenvalue weighted by molar-refractivity contribution is 5.97. The number of hydrogen-bond donors (Lipinski definition) is 1. The van der Waals surface area contributed by atoms with Gasteiger partial charge in [0.1, 0.15) is 5.75 Å². The topological polar surface area (TPSA) is 79.0 Å². The molecule has 0 spiro atoms. The fourth-order valence-electron chi connectivity index (χ4n) is 3.44. The van der Waals surface area contributed by atoms with Crippen molar-refractivity contribution in [3.8, 4) is 5.75 Å². The minimum absolute atomic E-state index is 0.0381. The van der Waals surface area contributed by atoms with E-state index in [1.54, 1.807) is 19.1 Å². The number of ether oxygens (including phenoxy) is 1. The molecule has 1 fully saturated rings. The van der Waals surface area contributed by atoms with Crippen LogP contribution in [0.3, 0.4) is 0 Å². The monoisotopic (exact) mass is 373 g/mol. The quantitative estimate of drug-likeness (QED) is 0.873. The van der Waals surface area contributed by atoms with E-state index in [-0.39, 0.29) is 24.1 Å². The zero-order valence-electron chi connectivity index (χ0n) is 16.0. The summed E-state index contributed by atoms with van der Waals surface area (Å²) in [5.74, 6) is 0.649. The minimum Gasteiger partial charge on any atom is -0.479 e. The molecule has 7 heteroatoms. The Hall–Kier alpha value is -2.57. The summed E-state index contributed by atoms with van der Waals surface area (Å²) < 4.78 is 5.55. The molecule has 1 aromatic rings. The SMILES string of the molecule is CCCC(=O)N1CCCN(C(=O)Cc2ccc3c(c2)NC(=O)C(C)O3)CC1. The van der Waals surface area contributed by atoms with Crippen LogP contribution in [0.25, 0.3) is 0 Å². The number of carbonyl (C=O) groups excluding carboxylic acids is 3. The molecule has 1 atom stereocenters. The van der Waals surface area contributed by atoms with Gasteiger partial charge in [-0.1, -0.05) is 13.0 Å². The summed E-state index contributed by atoms with van der Waals surface area (Å²) in [6.07, 6.45) is 1.96. The van der Waals surface area contributed by atoms with E-state index in [1.165, 1.54) is 0 Å². The molecule has 27 heavy (non-hydrogen) atoms. The van der Waals surface area contributed by atoms with Crippen LogP contribution in [0.1, 0.15) is 38.7 Å². The Morgan fingerprint density at radius 1 is 1.15 bits per heavy atom. The highest BCUT2D eigenvalue weighted by atomic mass is 16.5. The van der Waals surface area contributed by atoms with Crippen molar-refractivity contribution in [3.05, 3.63) is 23.8 Å². The van der Waals surface area contributed by atoms with Crippen LogP contribution in [0, 0.1) is 0 Å². The standard InChI is InChI=1S/C20H27N3O4/c1-3-5-18(24)22-8-4-9-23(11-10-22)19(25)13-15-6-7-17-16(12-15)21-20(26)14(2)27-17/h6-7,12,14H,3-5,8-11,13H2,1-2H3,(H,21,26). The molecule has 7 nitrogen and oxygen atoms in total. The summed E-state index contributed by atoms with van der Waals surface area (Å²) in [6, 6.07) is 5.45. The third-order valence-corrected chi connectivity index (χ3v) is 5.00. The van der Waals surface area contributed by atoms with Crippen molar-refractivity contribution in [1.82, 2.24) is 9.80 Å². The van der Waals surface area contributed by atoms with Gasteiger partial charge >= 0.3 is 0 Å². The minimum atomic E-state index is -0.513. The van der Waals surface area contributed by atoms with Crippen molar-refractivity contribution in [3.63, 3.8) is 0 Å². The van der Waals surface area contributed by atoms with E-state index in [0.717, 1.165) is 18.4 Å². The molecule has 2 aliphatic rings. The van der Waals surface area contributed by atoms with E-state index in [2.05, 4.69) is 5.32 Å². The number of fused-ring (bicyclic) bond motifs is 1. The van der Waals surface area contributed by atoms with Crippen molar-refractivity contribution in [2.24, 2.45) is 0 Å². The molecule has 3 rings (SSSR count). The molecule has 0 aromatic heterocycles. The van der Waals surface area contributed by atoms with E-state index < -0.39 is 6.10 Å². The molecule has 2 heterocycles. The maximum absolute atomic E-state index is 12.7. The summed E-state index contributed by atoms with van der Waals surface area (Å²) in [7, 11) is 0. The van der Waals surface area contributed by atoms with Crippen LogP contribution in [0.5, 0.6) is 5.75 Å². The molecule has 3 amide bonds. The number of anilines is 1. The first-order valence-electron chi connectivity index (χ1n) is 9.64. The van der Waals surface area contributed by atoms with Crippen LogP contribution in [0.15, 0.2) is 18.2 Å². The Labute approximate surface area is 159 Å². The third kappa shape index (κ3) is 4.59. The lowest BCUT2D eigenvalue weighted by Gasteiger charge is -2.24. The molecule has 1 N–H and O–H groups in total. The Kier molecular flexibility index (Phi) is 5.98. The maximum atomic E-state index is 12.7. The van der Waals surface area contributed by atoms with Crippen LogP contribution >= 0.6 is 0 Å². The zero-order valence-corrected chi connectivity index (χ0v) is 16.0. The molecule has 1 aromatic carbocycles. The molecule has 1 unspecified atom stereocenters. The predicted molar refractivity (Wildman–Crippen MR) is 102 cm³/mol. The van der Waals surface area contributed by atoms with Gasteiger partial charge in [0.25, 0.3) is 5.91 Å². The largest absolute Gasteiger partial charge is 0.479 e. The lowest BCUT2D eigenvalue weighted by molar-refractivity contribution is -0.133. The van der Waals surface area contributed by atoms with Crippen molar-refractivity contribution in [2.75, 3.05) is 31.5 Å². The second-order valence-electron chi connectivity index (χ2n) is 7.12. The van der Waals surface area contributed by atoms with Crippen LogP contribution in [0.4, 0.5) is 5.69 Å². The van der Waals surface area contributed by atoms with E-state index in [0.29, 0.717) is 44.0 Å². The molecule has 1 saturated heterocycles. The number of nitrogens with zero attached hydrogens (tertiary/aromatic N) is 2. The molecule has 146 valence electrons. The van der Waals surface area contributed by atoms with E-state index in [1.807, 2.05) is 22.8 Å². The van der Waals surface area contributed by atoms with Gasteiger partial charge in [0.15, 0.2) is 6.10 Å². The first kappa shape index (κ1) is 19.2. The number of hydrogen-bond acceptors (Lipinski definition) is 4. The maximum Gasteiger partial charge on any atom is 0.265 e. The van der Waals surface area contributed by atoms with Crippen LogP contribution in [-0.4, -0.2) is 59.8 Å². The number of amides is 3. The third-order valence-electron chi connectivity index (χ3n) is 5.00. The van der Waals surface area contributed by atoms with Crippen LogP contribution in [0.2, 0.25) is 0 Å². The highest BCUT2D eigenvalue weighted by Crippen LogP contribution is 2.30. The summed E-state index contributed by atoms with van der Waals surface area (Å²) in [4.78, 5) is 40.3. The van der Waals surface area contributed by atoms with Gasteiger partial charge in [0, 0.05) is 32.6 Å². The zero-order chi connectivity index (χ0) is 19.4. The van der Waals surface area contributed by atoms with Crippen LogP contribution < -0.4 is 10.1 Å². The second kappa shape index (κ2) is 8.41. The Morgan fingerprint density at radius 2 is 1.85 bits per heavy atom. The Balaban J connectivity index is 1.60. The van der Waals surface area contributed by atoms with Crippen molar-refractivity contribution in [2.45, 2.75) is 45.6 Å². The first-order chi connectivity index (χ1) is 13.0. The molecule has 2 aliphatic heterocycles. The van der Waals surface area contributed by atoms with Gasteiger partial charge in [-0.3, -0.25) is 14.4 Å². The molecular formula is C20H27N3O4. The fraction of sp³-hybridized carbons (Fsp3) is 0.550. The van der Waals surface area contributed by atoms with E-state index in [4.69, 9.17) is 4.74 Å². The van der Waals surface area contributed by atoms with Gasteiger partial charge in [-0.05, 0) is 37.5 Å². The Bertz CT molecular complexity index is 734. The summed E-state index contributed by atoms with van der Waals surface area (Å²) >= 11 is 0. The molecular weight excluding hydrogens is 346 g/mol. The highest BCUT2D eigenvalue weighted by Gasteiger charge is 2.25. The van der Waals surface area contributed by atoms with Gasteiger partial charge in [-0.15, -0.1) is 0 Å². The normalized spacial score (nSPS) is 19.6. The van der Waals surface area contributed by atoms with Gasteiger partial charge in [-0.25, -0.2) is 0 Å². The van der Waals surface area contributed by atoms with Gasteiger partial charge in [-0.2, -0.15) is 0 Å². The van der Waals surface area contributed by atoms with E-state index in [9.17, 15) is 14.4 Å². The number of carbonyl (C=O) groups is 3. The molecule has 0 aliphatic carbocycles.